The van der Waals surface area contributed by atoms with Gasteiger partial charge in [-0.2, -0.15) is 5.10 Å². The van der Waals surface area contributed by atoms with Gasteiger partial charge in [0.1, 0.15) is 6.04 Å². The molecule has 2 aliphatic rings. The molecule has 1 atom stereocenters. The van der Waals surface area contributed by atoms with Crippen LogP contribution in [-0.2, 0) is 29.0 Å². The number of rotatable bonds is 3. The smallest absolute Gasteiger partial charge is 0.246 e. The number of amides is 2. The number of nitrogens with one attached hydrogen (secondary N) is 3. The number of nitrogens with zero attached hydrogens (tertiary/aromatic N) is 2. The first-order valence-electron chi connectivity index (χ1n) is 7.45. The zero-order valence-electron chi connectivity index (χ0n) is 12.2. The molecule has 2 heterocycles. The van der Waals surface area contributed by atoms with Crippen LogP contribution in [0, 0.1) is 0 Å². The Kier molecular flexibility index (Phi) is 3.92. The number of carbonyl (C=O) groups excluding carboxylic acids is 2. The molecule has 1 fully saturated rings. The standard InChI is InChI=1S/C14H21N5O2/c1-19(14(21)11-6-15-7-13(20)16-11)8-12-9-4-2-3-5-10(9)17-18-12/h11,15H,2-8H2,1H3,(H,16,20)(H,17,18). The van der Waals surface area contributed by atoms with Crippen molar-refractivity contribution in [2.24, 2.45) is 0 Å². The van der Waals surface area contributed by atoms with Gasteiger partial charge in [-0.3, -0.25) is 14.7 Å². The average Bonchev–Trinajstić information content (AvgIpc) is 2.90. The minimum absolute atomic E-state index is 0.0805. The predicted molar refractivity (Wildman–Crippen MR) is 76.5 cm³/mol. The lowest BCUT2D eigenvalue weighted by atomic mass is 9.96. The van der Waals surface area contributed by atoms with Gasteiger partial charge in [0.05, 0.1) is 18.8 Å². The maximum absolute atomic E-state index is 12.4. The van der Waals surface area contributed by atoms with Crippen LogP contribution in [0.25, 0.3) is 0 Å². The molecule has 7 heteroatoms. The summed E-state index contributed by atoms with van der Waals surface area (Å²) in [5, 5.41) is 13.1. The van der Waals surface area contributed by atoms with E-state index in [1.807, 2.05) is 0 Å². The van der Waals surface area contributed by atoms with E-state index in [4.69, 9.17) is 0 Å². The molecule has 0 spiro atoms. The Balaban J connectivity index is 1.65. The highest BCUT2D eigenvalue weighted by Gasteiger charge is 2.28. The number of piperazine rings is 1. The summed E-state index contributed by atoms with van der Waals surface area (Å²) in [5.41, 5.74) is 3.44. The molecule has 1 aromatic heterocycles. The summed E-state index contributed by atoms with van der Waals surface area (Å²) in [5.74, 6) is -0.215. The van der Waals surface area contributed by atoms with E-state index < -0.39 is 6.04 Å². The maximum Gasteiger partial charge on any atom is 0.246 e. The van der Waals surface area contributed by atoms with Crippen molar-refractivity contribution in [2.45, 2.75) is 38.3 Å². The number of likely N-dealkylation sites (N-methyl/N-ethyl adjacent to an activating group) is 1. The molecule has 0 radical (unpaired) electrons. The first kappa shape index (κ1) is 14.1. The summed E-state index contributed by atoms with van der Waals surface area (Å²) in [6.45, 7) is 1.24. The van der Waals surface area contributed by atoms with Crippen LogP contribution < -0.4 is 10.6 Å². The molecule has 1 aliphatic heterocycles. The van der Waals surface area contributed by atoms with E-state index in [1.54, 1.807) is 11.9 Å². The van der Waals surface area contributed by atoms with Crippen molar-refractivity contribution < 1.29 is 9.59 Å². The first-order valence-corrected chi connectivity index (χ1v) is 7.45. The molecule has 3 N–H and O–H groups in total. The molecule has 114 valence electrons. The van der Waals surface area contributed by atoms with Crippen molar-refractivity contribution in [1.82, 2.24) is 25.7 Å². The fraction of sp³-hybridized carbons (Fsp3) is 0.643. The molecular weight excluding hydrogens is 270 g/mol. The van der Waals surface area contributed by atoms with Crippen LogP contribution in [0.15, 0.2) is 0 Å². The molecule has 7 nitrogen and oxygen atoms in total. The third-order valence-electron chi connectivity index (χ3n) is 4.17. The fourth-order valence-electron chi connectivity index (χ4n) is 3.02. The summed E-state index contributed by atoms with van der Waals surface area (Å²) in [7, 11) is 1.76. The number of aromatic nitrogens is 2. The molecule has 0 bridgehead atoms. The second-order valence-electron chi connectivity index (χ2n) is 5.78. The number of hydrogen-bond donors (Lipinski definition) is 3. The quantitative estimate of drug-likeness (QED) is 0.689. The van der Waals surface area contributed by atoms with E-state index >= 15 is 0 Å². The van der Waals surface area contributed by atoms with Gasteiger partial charge < -0.3 is 15.5 Å². The van der Waals surface area contributed by atoms with E-state index in [2.05, 4.69) is 20.8 Å². The summed E-state index contributed by atoms with van der Waals surface area (Å²) in [6.07, 6.45) is 4.45. The number of carbonyl (C=O) groups is 2. The van der Waals surface area contributed by atoms with Crippen LogP contribution in [0.4, 0.5) is 0 Å². The van der Waals surface area contributed by atoms with Gasteiger partial charge in [-0.15, -0.1) is 0 Å². The van der Waals surface area contributed by atoms with Gasteiger partial charge in [0.2, 0.25) is 11.8 Å². The predicted octanol–water partition coefficient (Wildman–Crippen LogP) is -0.665. The molecule has 2 amide bonds. The molecule has 21 heavy (non-hydrogen) atoms. The van der Waals surface area contributed by atoms with Gasteiger partial charge in [0.25, 0.3) is 0 Å². The highest BCUT2D eigenvalue weighted by atomic mass is 16.2. The molecule has 1 aromatic rings. The maximum atomic E-state index is 12.4. The Morgan fingerprint density at radius 1 is 1.38 bits per heavy atom. The number of aryl methyl sites for hydroxylation is 1. The Labute approximate surface area is 123 Å². The SMILES string of the molecule is CN(Cc1n[nH]c2c1CCCC2)C(=O)C1CNCC(=O)N1. The highest BCUT2D eigenvalue weighted by molar-refractivity contribution is 5.89. The van der Waals surface area contributed by atoms with Crippen LogP contribution in [0.5, 0.6) is 0 Å². The molecule has 3 rings (SSSR count). The second-order valence-corrected chi connectivity index (χ2v) is 5.78. The molecule has 1 saturated heterocycles. The largest absolute Gasteiger partial charge is 0.342 e. The van der Waals surface area contributed by atoms with Crippen molar-refractivity contribution in [3.8, 4) is 0 Å². The Morgan fingerprint density at radius 3 is 3.00 bits per heavy atom. The third-order valence-corrected chi connectivity index (χ3v) is 4.17. The Morgan fingerprint density at radius 2 is 2.19 bits per heavy atom. The molecular formula is C14H21N5O2. The summed E-state index contributed by atoms with van der Waals surface area (Å²) in [6, 6.07) is -0.481. The van der Waals surface area contributed by atoms with Crippen LogP contribution in [-0.4, -0.2) is 53.1 Å². The zero-order chi connectivity index (χ0) is 14.8. The van der Waals surface area contributed by atoms with E-state index in [0.29, 0.717) is 13.1 Å². The van der Waals surface area contributed by atoms with Gasteiger partial charge >= 0.3 is 0 Å². The number of H-pyrrole nitrogens is 1. The summed E-state index contributed by atoms with van der Waals surface area (Å²) in [4.78, 5) is 25.4. The van der Waals surface area contributed by atoms with Crippen molar-refractivity contribution in [3.05, 3.63) is 17.0 Å². The van der Waals surface area contributed by atoms with E-state index in [0.717, 1.165) is 18.5 Å². The molecule has 0 aromatic carbocycles. The third kappa shape index (κ3) is 2.92. The van der Waals surface area contributed by atoms with E-state index in [-0.39, 0.29) is 18.4 Å². The van der Waals surface area contributed by atoms with Gasteiger partial charge in [-0.05, 0) is 31.2 Å². The second kappa shape index (κ2) is 5.85. The van der Waals surface area contributed by atoms with Gasteiger partial charge in [0.15, 0.2) is 0 Å². The van der Waals surface area contributed by atoms with Crippen molar-refractivity contribution >= 4 is 11.8 Å². The van der Waals surface area contributed by atoms with Crippen molar-refractivity contribution in [1.29, 1.82) is 0 Å². The minimum atomic E-state index is -0.481. The summed E-state index contributed by atoms with van der Waals surface area (Å²) >= 11 is 0. The Hall–Kier alpha value is -1.89. The van der Waals surface area contributed by atoms with Gasteiger partial charge in [0, 0.05) is 19.3 Å². The highest BCUT2D eigenvalue weighted by Crippen LogP contribution is 2.22. The van der Waals surface area contributed by atoms with Crippen molar-refractivity contribution in [2.75, 3.05) is 20.1 Å². The molecule has 1 unspecified atom stereocenters. The van der Waals surface area contributed by atoms with Crippen LogP contribution in [0.3, 0.4) is 0 Å². The lowest BCUT2D eigenvalue weighted by Crippen LogP contribution is -2.58. The van der Waals surface area contributed by atoms with E-state index in [9.17, 15) is 9.59 Å². The number of fused-ring (bicyclic) bond motifs is 1. The summed E-state index contributed by atoms with van der Waals surface area (Å²) < 4.78 is 0. The lowest BCUT2D eigenvalue weighted by Gasteiger charge is -2.27. The molecule has 0 saturated carbocycles. The minimum Gasteiger partial charge on any atom is -0.342 e. The zero-order valence-corrected chi connectivity index (χ0v) is 12.2. The number of hydrogen-bond acceptors (Lipinski definition) is 4. The molecule has 1 aliphatic carbocycles. The average molecular weight is 291 g/mol. The van der Waals surface area contributed by atoms with Gasteiger partial charge in [-0.25, -0.2) is 0 Å². The topological polar surface area (TPSA) is 90.1 Å². The first-order chi connectivity index (χ1) is 10.1. The Bertz CT molecular complexity index is 554. The van der Waals surface area contributed by atoms with Crippen molar-refractivity contribution in [3.63, 3.8) is 0 Å². The lowest BCUT2D eigenvalue weighted by molar-refractivity contribution is -0.136. The van der Waals surface area contributed by atoms with E-state index in [1.165, 1.54) is 24.1 Å². The monoisotopic (exact) mass is 291 g/mol. The van der Waals surface area contributed by atoms with Crippen LogP contribution in [0.2, 0.25) is 0 Å². The van der Waals surface area contributed by atoms with Crippen LogP contribution >= 0.6 is 0 Å². The fourth-order valence-corrected chi connectivity index (χ4v) is 3.02. The number of aromatic amines is 1. The van der Waals surface area contributed by atoms with Crippen LogP contribution in [0.1, 0.15) is 29.8 Å². The van der Waals surface area contributed by atoms with Gasteiger partial charge in [-0.1, -0.05) is 0 Å². The normalized spacial score (nSPS) is 21.6.